The summed E-state index contributed by atoms with van der Waals surface area (Å²) >= 11 is 0. The predicted octanol–water partition coefficient (Wildman–Crippen LogP) is 2.43. The van der Waals surface area contributed by atoms with Gasteiger partial charge in [-0.2, -0.15) is 0 Å². The molecular weight excluding hydrogens is 396 g/mol. The summed E-state index contributed by atoms with van der Waals surface area (Å²) in [6.45, 7) is 5.05. The van der Waals surface area contributed by atoms with Crippen LogP contribution in [0.25, 0.3) is 0 Å². The number of nitrogens with one attached hydrogen (secondary N) is 2. The molecule has 0 unspecified atom stereocenters. The highest BCUT2D eigenvalue weighted by atomic mass is 16.5. The molecule has 1 saturated heterocycles. The van der Waals surface area contributed by atoms with Crippen LogP contribution in [-0.4, -0.2) is 69.8 Å². The van der Waals surface area contributed by atoms with Gasteiger partial charge in [-0.1, -0.05) is 6.07 Å². The highest BCUT2D eigenvalue weighted by Crippen LogP contribution is 2.20. The fraction of sp³-hybridized carbons (Fsp3) is 0.391. The van der Waals surface area contributed by atoms with E-state index >= 15 is 0 Å². The van der Waals surface area contributed by atoms with Crippen LogP contribution in [0, 0.1) is 0 Å². The summed E-state index contributed by atoms with van der Waals surface area (Å²) < 4.78 is 10.5. The van der Waals surface area contributed by atoms with Crippen molar-refractivity contribution in [2.24, 2.45) is 0 Å². The maximum atomic E-state index is 12.6. The second kappa shape index (κ2) is 10.8. The number of hydrogen-bond acceptors (Lipinski definition) is 6. The minimum absolute atomic E-state index is 0.0851. The Hall–Kier alpha value is -3.10. The zero-order valence-corrected chi connectivity index (χ0v) is 18.3. The Morgan fingerprint density at radius 2 is 1.81 bits per heavy atom. The molecule has 1 atom stereocenters. The molecule has 2 aromatic rings. The van der Waals surface area contributed by atoms with Crippen LogP contribution in [0.5, 0.6) is 5.75 Å². The largest absolute Gasteiger partial charge is 0.497 e. The van der Waals surface area contributed by atoms with Gasteiger partial charge in [0.2, 0.25) is 11.8 Å². The van der Waals surface area contributed by atoms with Gasteiger partial charge in [-0.25, -0.2) is 0 Å². The van der Waals surface area contributed by atoms with Gasteiger partial charge in [0.25, 0.3) is 0 Å². The van der Waals surface area contributed by atoms with Crippen molar-refractivity contribution in [3.05, 3.63) is 48.5 Å². The number of carbonyl (C=O) groups is 2. The molecule has 0 aromatic heterocycles. The minimum Gasteiger partial charge on any atom is -0.497 e. The van der Waals surface area contributed by atoms with Gasteiger partial charge in [0.05, 0.1) is 32.9 Å². The van der Waals surface area contributed by atoms with E-state index in [9.17, 15) is 9.59 Å². The van der Waals surface area contributed by atoms with Crippen LogP contribution in [0.3, 0.4) is 0 Å². The summed E-state index contributed by atoms with van der Waals surface area (Å²) in [6.07, 6.45) is 0. The summed E-state index contributed by atoms with van der Waals surface area (Å²) in [5, 5.41) is 5.74. The highest BCUT2D eigenvalue weighted by Gasteiger charge is 2.20. The summed E-state index contributed by atoms with van der Waals surface area (Å²) in [5.74, 6) is 0.291. The Bertz CT molecular complexity index is 881. The monoisotopic (exact) mass is 426 g/mol. The second-order valence-corrected chi connectivity index (χ2v) is 7.51. The van der Waals surface area contributed by atoms with E-state index in [4.69, 9.17) is 9.47 Å². The molecule has 1 heterocycles. The Morgan fingerprint density at radius 1 is 1.10 bits per heavy atom. The van der Waals surface area contributed by atoms with Gasteiger partial charge in [-0.15, -0.1) is 0 Å². The van der Waals surface area contributed by atoms with E-state index in [1.54, 1.807) is 44.2 Å². The van der Waals surface area contributed by atoms with E-state index in [1.165, 1.54) is 0 Å². The molecule has 8 nitrogen and oxygen atoms in total. The third-order valence-electron chi connectivity index (χ3n) is 5.30. The first-order valence-electron chi connectivity index (χ1n) is 10.3. The maximum absolute atomic E-state index is 12.6. The lowest BCUT2D eigenvalue weighted by Crippen LogP contribution is -2.43. The van der Waals surface area contributed by atoms with E-state index < -0.39 is 6.04 Å². The molecule has 0 saturated carbocycles. The molecule has 0 bridgehead atoms. The molecular formula is C23H30N4O4. The molecule has 2 aromatic carbocycles. The highest BCUT2D eigenvalue weighted by molar-refractivity contribution is 5.96. The van der Waals surface area contributed by atoms with Gasteiger partial charge in [-0.05, 0) is 50.4 Å². The standard InChI is InChI=1S/C23H30N4O4/c1-17(26(2)16-22(28)24-19-5-4-6-21(15-19)30-3)23(29)25-18-7-9-20(10-8-18)27-11-13-31-14-12-27/h4-10,15,17H,11-14,16H2,1-3H3,(H,24,28)(H,25,29)/t17-/m1/s1. The zero-order valence-electron chi connectivity index (χ0n) is 18.3. The van der Waals surface area contributed by atoms with Crippen molar-refractivity contribution in [3.63, 3.8) is 0 Å². The van der Waals surface area contributed by atoms with Gasteiger partial charge in [0, 0.05) is 36.2 Å². The van der Waals surface area contributed by atoms with Gasteiger partial charge in [0.1, 0.15) is 5.75 Å². The molecule has 1 fully saturated rings. The number of anilines is 3. The van der Waals surface area contributed by atoms with Crippen molar-refractivity contribution in [1.29, 1.82) is 0 Å². The number of benzene rings is 2. The van der Waals surface area contributed by atoms with Crippen LogP contribution >= 0.6 is 0 Å². The number of methoxy groups -OCH3 is 1. The topological polar surface area (TPSA) is 83.1 Å². The van der Waals surface area contributed by atoms with E-state index in [-0.39, 0.29) is 18.4 Å². The number of rotatable bonds is 8. The normalized spacial score (nSPS) is 14.8. The molecule has 31 heavy (non-hydrogen) atoms. The smallest absolute Gasteiger partial charge is 0.241 e. The molecule has 2 N–H and O–H groups in total. The number of likely N-dealkylation sites (N-methyl/N-ethyl adjacent to an activating group) is 1. The maximum Gasteiger partial charge on any atom is 0.241 e. The van der Waals surface area contributed by atoms with Crippen LogP contribution in [0.1, 0.15) is 6.92 Å². The molecule has 1 aliphatic rings. The van der Waals surface area contributed by atoms with Crippen molar-refractivity contribution >= 4 is 28.9 Å². The fourth-order valence-corrected chi connectivity index (χ4v) is 3.29. The molecule has 0 spiro atoms. The van der Waals surface area contributed by atoms with Crippen LogP contribution < -0.4 is 20.3 Å². The average Bonchev–Trinajstić information content (AvgIpc) is 2.79. The number of nitrogens with zero attached hydrogens (tertiary/aromatic N) is 2. The molecule has 0 aliphatic carbocycles. The average molecular weight is 427 g/mol. The first-order chi connectivity index (χ1) is 15.0. The lowest BCUT2D eigenvalue weighted by molar-refractivity contribution is -0.122. The van der Waals surface area contributed by atoms with E-state index in [1.807, 2.05) is 30.3 Å². The third-order valence-corrected chi connectivity index (χ3v) is 5.30. The first kappa shape index (κ1) is 22.6. The van der Waals surface area contributed by atoms with Crippen LogP contribution in [0.15, 0.2) is 48.5 Å². The van der Waals surface area contributed by atoms with Gasteiger partial charge >= 0.3 is 0 Å². The minimum atomic E-state index is -0.477. The van der Waals surface area contributed by atoms with Crippen molar-refractivity contribution < 1.29 is 19.1 Å². The summed E-state index contributed by atoms with van der Waals surface area (Å²) in [5.41, 5.74) is 2.49. The van der Waals surface area contributed by atoms with Crippen molar-refractivity contribution in [2.45, 2.75) is 13.0 Å². The number of ether oxygens (including phenoxy) is 2. The summed E-state index contributed by atoms with van der Waals surface area (Å²) in [6, 6.07) is 14.4. The molecule has 3 rings (SSSR count). The van der Waals surface area contributed by atoms with Crippen molar-refractivity contribution in [3.8, 4) is 5.75 Å². The number of carbonyl (C=O) groups excluding carboxylic acids is 2. The zero-order chi connectivity index (χ0) is 22.2. The van der Waals surface area contributed by atoms with Crippen molar-refractivity contribution in [1.82, 2.24) is 4.90 Å². The van der Waals surface area contributed by atoms with Crippen LogP contribution in [0.4, 0.5) is 17.1 Å². The summed E-state index contributed by atoms with van der Waals surface area (Å²) in [7, 11) is 3.32. The van der Waals surface area contributed by atoms with Crippen LogP contribution in [-0.2, 0) is 14.3 Å². The lowest BCUT2D eigenvalue weighted by Gasteiger charge is -2.29. The number of amides is 2. The lowest BCUT2D eigenvalue weighted by atomic mass is 10.2. The number of hydrogen-bond donors (Lipinski definition) is 2. The van der Waals surface area contributed by atoms with Gasteiger partial charge in [-0.3, -0.25) is 14.5 Å². The molecule has 2 amide bonds. The first-order valence-corrected chi connectivity index (χ1v) is 10.3. The molecule has 1 aliphatic heterocycles. The van der Waals surface area contributed by atoms with Gasteiger partial charge < -0.3 is 25.0 Å². The Labute approximate surface area is 183 Å². The third kappa shape index (κ3) is 6.44. The van der Waals surface area contributed by atoms with E-state index in [0.29, 0.717) is 11.4 Å². The second-order valence-electron chi connectivity index (χ2n) is 7.51. The molecule has 0 radical (unpaired) electrons. The number of morpholine rings is 1. The van der Waals surface area contributed by atoms with E-state index in [2.05, 4.69) is 15.5 Å². The van der Waals surface area contributed by atoms with Crippen molar-refractivity contribution in [2.75, 3.05) is 62.5 Å². The fourth-order valence-electron chi connectivity index (χ4n) is 3.29. The summed E-state index contributed by atoms with van der Waals surface area (Å²) in [4.78, 5) is 29.0. The van der Waals surface area contributed by atoms with Crippen LogP contribution in [0.2, 0.25) is 0 Å². The quantitative estimate of drug-likeness (QED) is 0.675. The molecule has 166 valence electrons. The Morgan fingerprint density at radius 3 is 2.48 bits per heavy atom. The van der Waals surface area contributed by atoms with Gasteiger partial charge in [0.15, 0.2) is 0 Å². The predicted molar refractivity (Wildman–Crippen MR) is 122 cm³/mol. The van der Waals surface area contributed by atoms with E-state index in [0.717, 1.165) is 37.7 Å². The Kier molecular flexibility index (Phi) is 7.86. The Balaban J connectivity index is 1.49. The SMILES string of the molecule is COc1cccc(NC(=O)CN(C)[C@H](C)C(=O)Nc2ccc(N3CCOCC3)cc2)c1. The molecule has 8 heteroatoms.